The molecule has 0 spiro atoms. The molecule has 0 aliphatic rings. The van der Waals surface area contributed by atoms with Gasteiger partial charge in [0.1, 0.15) is 5.82 Å². The van der Waals surface area contributed by atoms with Crippen LogP contribution in [0.2, 0.25) is 0 Å². The number of hydrogen-bond acceptors (Lipinski definition) is 4. The van der Waals surface area contributed by atoms with Crippen molar-refractivity contribution in [2.45, 2.75) is 6.54 Å². The van der Waals surface area contributed by atoms with Gasteiger partial charge in [-0.15, -0.1) is 6.58 Å². The van der Waals surface area contributed by atoms with Crippen LogP contribution in [0.25, 0.3) is 0 Å². The molecule has 0 unspecified atom stereocenters. The van der Waals surface area contributed by atoms with E-state index >= 15 is 0 Å². The highest BCUT2D eigenvalue weighted by Gasteiger charge is 2.27. The Morgan fingerprint density at radius 2 is 1.58 bits per heavy atom. The predicted molar refractivity (Wildman–Crippen MR) is 139 cm³/mol. The summed E-state index contributed by atoms with van der Waals surface area (Å²) in [6, 6.07) is 18.5. The first kappa shape index (κ1) is 26.6. The van der Waals surface area contributed by atoms with E-state index in [0.29, 0.717) is 22.4 Å². The van der Waals surface area contributed by atoms with Crippen molar-refractivity contribution in [1.29, 1.82) is 0 Å². The van der Waals surface area contributed by atoms with Gasteiger partial charge in [-0.3, -0.25) is 13.9 Å². The van der Waals surface area contributed by atoms with Crippen molar-refractivity contribution in [2.75, 3.05) is 30.3 Å². The molecule has 0 aliphatic carbocycles. The van der Waals surface area contributed by atoms with Crippen molar-refractivity contribution in [3.8, 4) is 0 Å². The summed E-state index contributed by atoms with van der Waals surface area (Å²) in [5.74, 6) is -1.47. The van der Waals surface area contributed by atoms with Crippen molar-refractivity contribution >= 4 is 33.4 Å². The summed E-state index contributed by atoms with van der Waals surface area (Å²) in [5, 5.41) is 5.40. The van der Waals surface area contributed by atoms with Crippen molar-refractivity contribution in [3.05, 3.63) is 108 Å². The molecule has 0 fully saturated rings. The van der Waals surface area contributed by atoms with Gasteiger partial charge < -0.3 is 10.6 Å². The van der Waals surface area contributed by atoms with Gasteiger partial charge in [-0.05, 0) is 42.0 Å². The van der Waals surface area contributed by atoms with Gasteiger partial charge in [0, 0.05) is 26.2 Å². The zero-order chi connectivity index (χ0) is 26.3. The number of halogens is 1. The fourth-order valence-corrected chi connectivity index (χ4v) is 4.42. The van der Waals surface area contributed by atoms with Crippen LogP contribution in [0.5, 0.6) is 0 Å². The normalized spacial score (nSPS) is 11.1. The predicted octanol–water partition coefficient (Wildman–Crippen LogP) is 3.81. The standard InChI is InChI=1S/C26H27FN4O4S/c1-4-17-28-26(33)21-9-5-7-11-23(21)29-25(32)20-15-13-19(14-16-20)18-31(36(34,35)30(2)3)24-12-8-6-10-22(24)27/h4-16H,1,17-18H2,2-3H3,(H,28,33)(H,29,32). The molecule has 2 N–H and O–H groups in total. The summed E-state index contributed by atoms with van der Waals surface area (Å²) in [7, 11) is -1.26. The Morgan fingerprint density at radius 1 is 0.944 bits per heavy atom. The van der Waals surface area contributed by atoms with Gasteiger partial charge in [0.15, 0.2) is 0 Å². The van der Waals surface area contributed by atoms with Crippen LogP contribution in [0.15, 0.2) is 85.5 Å². The quantitative estimate of drug-likeness (QED) is 0.405. The highest BCUT2D eigenvalue weighted by molar-refractivity contribution is 7.90. The maximum absolute atomic E-state index is 14.5. The number of carbonyl (C=O) groups excluding carboxylic acids is 2. The van der Waals surface area contributed by atoms with Crippen LogP contribution in [0.3, 0.4) is 0 Å². The maximum atomic E-state index is 14.5. The molecule has 0 radical (unpaired) electrons. The first-order valence-corrected chi connectivity index (χ1v) is 12.4. The molecule has 36 heavy (non-hydrogen) atoms. The average Bonchev–Trinajstić information content (AvgIpc) is 2.86. The van der Waals surface area contributed by atoms with E-state index < -0.39 is 21.9 Å². The summed E-state index contributed by atoms with van der Waals surface area (Å²) in [6.07, 6.45) is 1.55. The smallest absolute Gasteiger partial charge is 0.303 e. The first-order valence-electron chi connectivity index (χ1n) is 11.0. The molecule has 0 saturated heterocycles. The number of amides is 2. The molecule has 8 nitrogen and oxygen atoms in total. The van der Waals surface area contributed by atoms with E-state index in [2.05, 4.69) is 17.2 Å². The van der Waals surface area contributed by atoms with E-state index in [9.17, 15) is 22.4 Å². The Bertz CT molecular complexity index is 1360. The van der Waals surface area contributed by atoms with Gasteiger partial charge >= 0.3 is 10.2 Å². The van der Waals surface area contributed by atoms with Gasteiger partial charge in [0.05, 0.1) is 23.5 Å². The second kappa shape index (κ2) is 11.6. The van der Waals surface area contributed by atoms with Crippen molar-refractivity contribution in [1.82, 2.24) is 9.62 Å². The second-order valence-corrected chi connectivity index (χ2v) is 10.0. The Morgan fingerprint density at radius 3 is 2.22 bits per heavy atom. The number of carbonyl (C=O) groups is 2. The van der Waals surface area contributed by atoms with Crippen LogP contribution >= 0.6 is 0 Å². The van der Waals surface area contributed by atoms with Crippen LogP contribution in [-0.4, -0.2) is 45.2 Å². The fourth-order valence-electron chi connectivity index (χ4n) is 3.31. The summed E-state index contributed by atoms with van der Waals surface area (Å²) < 4.78 is 42.2. The number of benzene rings is 3. The molecular formula is C26H27FN4O4S. The van der Waals surface area contributed by atoms with Gasteiger partial charge in [-0.1, -0.05) is 42.5 Å². The lowest BCUT2D eigenvalue weighted by Crippen LogP contribution is -2.40. The third-order valence-corrected chi connectivity index (χ3v) is 7.04. The SMILES string of the molecule is C=CCNC(=O)c1ccccc1NC(=O)c1ccc(CN(c2ccccc2F)S(=O)(=O)N(C)C)cc1. The number of rotatable bonds is 10. The third-order valence-electron chi connectivity index (χ3n) is 5.23. The number of hydrogen-bond donors (Lipinski definition) is 2. The molecular weight excluding hydrogens is 483 g/mol. The lowest BCUT2D eigenvalue weighted by atomic mass is 10.1. The Balaban J connectivity index is 1.81. The van der Waals surface area contributed by atoms with Crippen molar-refractivity contribution in [3.63, 3.8) is 0 Å². The lowest BCUT2D eigenvalue weighted by Gasteiger charge is -2.27. The van der Waals surface area contributed by atoms with Crippen LogP contribution in [0.4, 0.5) is 15.8 Å². The van der Waals surface area contributed by atoms with Crippen LogP contribution in [-0.2, 0) is 16.8 Å². The molecule has 3 aromatic carbocycles. The van der Waals surface area contributed by atoms with Gasteiger partial charge in [-0.2, -0.15) is 12.7 Å². The fraction of sp³-hybridized carbons (Fsp3) is 0.154. The molecule has 0 aromatic heterocycles. The second-order valence-electron chi connectivity index (χ2n) is 7.94. The van der Waals surface area contributed by atoms with Crippen LogP contribution in [0, 0.1) is 5.82 Å². The Kier molecular flexibility index (Phi) is 8.57. The largest absolute Gasteiger partial charge is 0.349 e. The molecule has 0 bridgehead atoms. The highest BCUT2D eigenvalue weighted by Crippen LogP contribution is 2.25. The van der Waals surface area contributed by atoms with Crippen LogP contribution < -0.4 is 14.9 Å². The van der Waals surface area contributed by atoms with E-state index in [0.717, 1.165) is 8.61 Å². The summed E-state index contributed by atoms with van der Waals surface area (Å²) in [5.41, 5.74) is 1.41. The summed E-state index contributed by atoms with van der Waals surface area (Å²) >= 11 is 0. The summed E-state index contributed by atoms with van der Waals surface area (Å²) in [4.78, 5) is 25.2. The molecule has 0 heterocycles. The molecule has 0 atom stereocenters. The monoisotopic (exact) mass is 510 g/mol. The minimum atomic E-state index is -4.00. The number of anilines is 2. The van der Waals surface area contributed by atoms with E-state index in [1.807, 2.05) is 0 Å². The first-order chi connectivity index (χ1) is 17.1. The highest BCUT2D eigenvalue weighted by atomic mass is 32.2. The molecule has 3 aromatic rings. The van der Waals surface area contributed by atoms with Gasteiger partial charge in [-0.25, -0.2) is 4.39 Å². The van der Waals surface area contributed by atoms with E-state index in [1.54, 1.807) is 48.5 Å². The van der Waals surface area contributed by atoms with Crippen LogP contribution in [0.1, 0.15) is 26.3 Å². The minimum Gasteiger partial charge on any atom is -0.349 e. The zero-order valence-electron chi connectivity index (χ0n) is 19.9. The number of nitrogens with zero attached hydrogens (tertiary/aromatic N) is 2. The van der Waals surface area contributed by atoms with E-state index in [-0.39, 0.29) is 24.7 Å². The molecule has 3 rings (SSSR count). The average molecular weight is 511 g/mol. The number of para-hydroxylation sites is 2. The Labute approximate surface area is 210 Å². The van der Waals surface area contributed by atoms with Gasteiger partial charge in [0.25, 0.3) is 11.8 Å². The van der Waals surface area contributed by atoms with Crippen molar-refractivity contribution < 1.29 is 22.4 Å². The topological polar surface area (TPSA) is 98.8 Å². The summed E-state index contributed by atoms with van der Waals surface area (Å²) in [6.45, 7) is 3.71. The maximum Gasteiger partial charge on any atom is 0.303 e. The van der Waals surface area contributed by atoms with E-state index in [4.69, 9.17) is 0 Å². The van der Waals surface area contributed by atoms with E-state index in [1.165, 1.54) is 44.4 Å². The molecule has 10 heteroatoms. The van der Waals surface area contributed by atoms with Crippen molar-refractivity contribution in [2.24, 2.45) is 0 Å². The lowest BCUT2D eigenvalue weighted by molar-refractivity contribution is 0.0959. The molecule has 0 saturated carbocycles. The molecule has 188 valence electrons. The van der Waals surface area contributed by atoms with Gasteiger partial charge in [0.2, 0.25) is 0 Å². The zero-order valence-corrected chi connectivity index (χ0v) is 20.8. The Hall–Kier alpha value is -4.02. The number of nitrogens with one attached hydrogen (secondary N) is 2. The minimum absolute atomic E-state index is 0.0839. The third kappa shape index (κ3) is 6.15. The molecule has 2 amide bonds. The molecule has 0 aliphatic heterocycles.